The van der Waals surface area contributed by atoms with Crippen LogP contribution in [0, 0.1) is 6.92 Å². The number of H-pyrrole nitrogens is 1. The molecular formula is C10H8BrN3O. The first-order valence-corrected chi connectivity index (χ1v) is 5.14. The highest BCUT2D eigenvalue weighted by Gasteiger charge is 2.07. The highest BCUT2D eigenvalue weighted by atomic mass is 79.9. The van der Waals surface area contributed by atoms with Gasteiger partial charge in [-0.05, 0) is 35.0 Å². The van der Waals surface area contributed by atoms with E-state index in [1.54, 1.807) is 24.5 Å². The van der Waals surface area contributed by atoms with E-state index in [4.69, 9.17) is 0 Å². The standard InChI is InChI=1S/C10H8BrN3O/c1-6-7(5-8(11)10(15)14-6)9-12-3-2-4-13-9/h2-5H,1H3,(H,14,15). The normalized spacial score (nSPS) is 10.3. The second-order valence-electron chi connectivity index (χ2n) is 3.06. The summed E-state index contributed by atoms with van der Waals surface area (Å²) in [4.78, 5) is 22.3. The zero-order chi connectivity index (χ0) is 10.8. The molecule has 0 amide bonds. The quantitative estimate of drug-likeness (QED) is 0.857. The number of nitrogens with zero attached hydrogens (tertiary/aromatic N) is 2. The van der Waals surface area contributed by atoms with Gasteiger partial charge < -0.3 is 4.98 Å². The average Bonchev–Trinajstić information content (AvgIpc) is 2.25. The van der Waals surface area contributed by atoms with Crippen LogP contribution in [0.3, 0.4) is 0 Å². The van der Waals surface area contributed by atoms with Crippen LogP contribution in [-0.2, 0) is 0 Å². The monoisotopic (exact) mass is 265 g/mol. The van der Waals surface area contributed by atoms with E-state index in [1.807, 2.05) is 6.92 Å². The number of hydrogen-bond acceptors (Lipinski definition) is 3. The molecule has 0 aliphatic carbocycles. The Hall–Kier alpha value is -1.49. The molecule has 2 aromatic heterocycles. The van der Waals surface area contributed by atoms with Gasteiger partial charge in [-0.2, -0.15) is 0 Å². The maximum atomic E-state index is 11.3. The third-order valence-corrected chi connectivity index (χ3v) is 2.59. The van der Waals surface area contributed by atoms with Crippen molar-refractivity contribution in [2.75, 3.05) is 0 Å². The Morgan fingerprint density at radius 2 is 2.00 bits per heavy atom. The van der Waals surface area contributed by atoms with Gasteiger partial charge in [-0.3, -0.25) is 4.79 Å². The smallest absolute Gasteiger partial charge is 0.262 e. The Kier molecular flexibility index (Phi) is 2.64. The van der Waals surface area contributed by atoms with Gasteiger partial charge in [0, 0.05) is 23.7 Å². The topological polar surface area (TPSA) is 58.6 Å². The van der Waals surface area contributed by atoms with Gasteiger partial charge in [0.1, 0.15) is 0 Å². The molecule has 0 aliphatic rings. The van der Waals surface area contributed by atoms with Crippen molar-refractivity contribution in [1.82, 2.24) is 15.0 Å². The van der Waals surface area contributed by atoms with Gasteiger partial charge in [-0.25, -0.2) is 9.97 Å². The molecule has 0 saturated heterocycles. The van der Waals surface area contributed by atoms with Gasteiger partial charge in [0.25, 0.3) is 5.56 Å². The summed E-state index contributed by atoms with van der Waals surface area (Å²) in [6.07, 6.45) is 3.33. The summed E-state index contributed by atoms with van der Waals surface area (Å²) >= 11 is 3.18. The van der Waals surface area contributed by atoms with Crippen LogP contribution in [0.5, 0.6) is 0 Å². The van der Waals surface area contributed by atoms with Crippen molar-refractivity contribution in [2.24, 2.45) is 0 Å². The second-order valence-corrected chi connectivity index (χ2v) is 3.91. The van der Waals surface area contributed by atoms with E-state index in [-0.39, 0.29) is 5.56 Å². The summed E-state index contributed by atoms with van der Waals surface area (Å²) in [5.74, 6) is 0.604. The van der Waals surface area contributed by atoms with Gasteiger partial charge in [0.15, 0.2) is 5.82 Å². The Balaban J connectivity index is 2.64. The SMILES string of the molecule is Cc1[nH]c(=O)c(Br)cc1-c1ncccn1. The molecular weight excluding hydrogens is 258 g/mol. The lowest BCUT2D eigenvalue weighted by molar-refractivity contribution is 1.09. The van der Waals surface area contributed by atoms with Crippen molar-refractivity contribution in [3.05, 3.63) is 45.0 Å². The molecule has 2 aromatic rings. The Bertz CT molecular complexity index is 536. The minimum absolute atomic E-state index is 0.146. The summed E-state index contributed by atoms with van der Waals surface area (Å²) in [6.45, 7) is 1.82. The van der Waals surface area contributed by atoms with Crippen molar-refractivity contribution in [3.8, 4) is 11.4 Å². The molecule has 0 aliphatic heterocycles. The number of halogens is 1. The molecule has 0 bridgehead atoms. The van der Waals surface area contributed by atoms with E-state index in [0.29, 0.717) is 10.3 Å². The second kappa shape index (κ2) is 3.94. The summed E-state index contributed by atoms with van der Waals surface area (Å²) in [6, 6.07) is 3.48. The summed E-state index contributed by atoms with van der Waals surface area (Å²) in [5, 5.41) is 0. The van der Waals surface area contributed by atoms with E-state index in [9.17, 15) is 4.79 Å². The minimum Gasteiger partial charge on any atom is -0.325 e. The third-order valence-electron chi connectivity index (χ3n) is 2.00. The fraction of sp³-hybridized carbons (Fsp3) is 0.100. The van der Waals surface area contributed by atoms with Crippen LogP contribution < -0.4 is 5.56 Å². The summed E-state index contributed by atoms with van der Waals surface area (Å²) in [5.41, 5.74) is 1.43. The molecule has 0 saturated carbocycles. The highest BCUT2D eigenvalue weighted by Crippen LogP contribution is 2.18. The lowest BCUT2D eigenvalue weighted by atomic mass is 10.2. The van der Waals surface area contributed by atoms with E-state index in [1.165, 1.54) is 0 Å². The molecule has 4 nitrogen and oxygen atoms in total. The van der Waals surface area contributed by atoms with Crippen molar-refractivity contribution in [1.29, 1.82) is 0 Å². The third kappa shape index (κ3) is 1.97. The first kappa shape index (κ1) is 10.0. The lowest BCUT2D eigenvalue weighted by Gasteiger charge is -2.03. The number of aromatic nitrogens is 3. The molecule has 0 fully saturated rings. The zero-order valence-electron chi connectivity index (χ0n) is 7.99. The van der Waals surface area contributed by atoms with Crippen LogP contribution >= 0.6 is 15.9 Å². The molecule has 76 valence electrons. The molecule has 2 rings (SSSR count). The van der Waals surface area contributed by atoms with Crippen molar-refractivity contribution >= 4 is 15.9 Å². The van der Waals surface area contributed by atoms with E-state index < -0.39 is 0 Å². The van der Waals surface area contributed by atoms with E-state index in [2.05, 4.69) is 30.9 Å². The first-order chi connectivity index (χ1) is 7.18. The van der Waals surface area contributed by atoms with Gasteiger partial charge >= 0.3 is 0 Å². The van der Waals surface area contributed by atoms with Crippen molar-refractivity contribution < 1.29 is 0 Å². The molecule has 0 atom stereocenters. The van der Waals surface area contributed by atoms with Crippen LogP contribution in [-0.4, -0.2) is 15.0 Å². The Labute approximate surface area is 94.5 Å². The van der Waals surface area contributed by atoms with Gasteiger partial charge in [0.2, 0.25) is 0 Å². The predicted molar refractivity (Wildman–Crippen MR) is 60.5 cm³/mol. The van der Waals surface area contributed by atoms with Gasteiger partial charge in [-0.1, -0.05) is 0 Å². The van der Waals surface area contributed by atoms with Crippen molar-refractivity contribution in [2.45, 2.75) is 6.92 Å². The van der Waals surface area contributed by atoms with Crippen LogP contribution in [0.15, 0.2) is 33.8 Å². The molecule has 0 unspecified atom stereocenters. The van der Waals surface area contributed by atoms with Crippen LogP contribution in [0.2, 0.25) is 0 Å². The van der Waals surface area contributed by atoms with E-state index in [0.717, 1.165) is 11.3 Å². The Morgan fingerprint density at radius 3 is 2.67 bits per heavy atom. The van der Waals surface area contributed by atoms with Crippen LogP contribution in [0.4, 0.5) is 0 Å². The Morgan fingerprint density at radius 1 is 1.33 bits per heavy atom. The molecule has 5 heteroatoms. The fourth-order valence-corrected chi connectivity index (χ4v) is 1.60. The number of aromatic amines is 1. The maximum absolute atomic E-state index is 11.3. The number of nitrogens with one attached hydrogen (secondary N) is 1. The lowest BCUT2D eigenvalue weighted by Crippen LogP contribution is -2.09. The minimum atomic E-state index is -0.146. The predicted octanol–water partition coefficient (Wildman–Crippen LogP) is 1.90. The maximum Gasteiger partial charge on any atom is 0.262 e. The molecule has 15 heavy (non-hydrogen) atoms. The largest absolute Gasteiger partial charge is 0.325 e. The van der Waals surface area contributed by atoms with Gasteiger partial charge in [0.05, 0.1) is 4.47 Å². The summed E-state index contributed by atoms with van der Waals surface area (Å²) in [7, 11) is 0. The average molecular weight is 266 g/mol. The van der Waals surface area contributed by atoms with Crippen molar-refractivity contribution in [3.63, 3.8) is 0 Å². The fourth-order valence-electron chi connectivity index (χ4n) is 1.27. The number of rotatable bonds is 1. The number of hydrogen-bond donors (Lipinski definition) is 1. The van der Waals surface area contributed by atoms with E-state index >= 15 is 0 Å². The molecule has 0 radical (unpaired) electrons. The summed E-state index contributed by atoms with van der Waals surface area (Å²) < 4.78 is 0.482. The molecule has 0 spiro atoms. The molecule has 2 heterocycles. The van der Waals surface area contributed by atoms with Crippen LogP contribution in [0.25, 0.3) is 11.4 Å². The number of pyridine rings is 1. The highest BCUT2D eigenvalue weighted by molar-refractivity contribution is 9.10. The molecule has 0 aromatic carbocycles. The van der Waals surface area contributed by atoms with Gasteiger partial charge in [-0.15, -0.1) is 0 Å². The molecule has 1 N–H and O–H groups in total. The number of aryl methyl sites for hydroxylation is 1. The van der Waals surface area contributed by atoms with Crippen LogP contribution in [0.1, 0.15) is 5.69 Å². The zero-order valence-corrected chi connectivity index (χ0v) is 9.58. The first-order valence-electron chi connectivity index (χ1n) is 4.35.